The lowest BCUT2D eigenvalue weighted by Crippen LogP contribution is -2.25. The third kappa shape index (κ3) is 19.5. The van der Waals surface area contributed by atoms with Crippen molar-refractivity contribution in [2.45, 2.75) is 80.6 Å². The van der Waals surface area contributed by atoms with Gasteiger partial charge in [0.2, 0.25) is 0 Å². The van der Waals surface area contributed by atoms with Gasteiger partial charge in [-0.3, -0.25) is 0 Å². The third-order valence-corrected chi connectivity index (χ3v) is 2.31. The molecule has 1 heteroatoms. The van der Waals surface area contributed by atoms with Gasteiger partial charge in [-0.25, -0.2) is 0 Å². The summed E-state index contributed by atoms with van der Waals surface area (Å²) in [6.45, 7) is 18.6. The van der Waals surface area contributed by atoms with E-state index in [1.807, 2.05) is 27.7 Å². The normalized spacial score (nSPS) is 9.00. The van der Waals surface area contributed by atoms with Crippen LogP contribution in [0.4, 0.5) is 0 Å². The first kappa shape index (κ1) is 21.3. The molecule has 0 atom stereocenters. The van der Waals surface area contributed by atoms with Crippen LogP contribution in [0.2, 0.25) is 0 Å². The Morgan fingerprint density at radius 1 is 0.625 bits per heavy atom. The molecule has 0 saturated heterocycles. The van der Waals surface area contributed by atoms with Gasteiger partial charge in [-0.15, -0.1) is 0 Å². The fourth-order valence-corrected chi connectivity index (χ4v) is 1.51. The monoisotopic (exact) mass is 231 g/mol. The topological polar surface area (TPSA) is 3.24 Å². The summed E-state index contributed by atoms with van der Waals surface area (Å²) in [5.74, 6) is 0. The van der Waals surface area contributed by atoms with Crippen LogP contribution in [0.5, 0.6) is 0 Å². The molecule has 16 heavy (non-hydrogen) atoms. The predicted molar refractivity (Wildman–Crippen MR) is 79.2 cm³/mol. The quantitative estimate of drug-likeness (QED) is 0.509. The predicted octanol–water partition coefficient (Wildman–Crippen LogP) is 5.35. The molecule has 0 amide bonds. The highest BCUT2D eigenvalue weighted by Crippen LogP contribution is 2.01. The van der Waals surface area contributed by atoms with Crippen LogP contribution in [-0.4, -0.2) is 24.5 Å². The molecule has 0 heterocycles. The third-order valence-electron chi connectivity index (χ3n) is 2.31. The second-order valence-electron chi connectivity index (χ2n) is 3.49. The standard InChI is InChI=1S/C11H25N.2C2H6/c1-4-7-8-9-11-12(6-3)10-5-2;2*1-2/h4-11H2,1-3H3;2*1-2H3. The molecule has 0 fully saturated rings. The Morgan fingerprint density at radius 2 is 1.19 bits per heavy atom. The van der Waals surface area contributed by atoms with E-state index in [4.69, 9.17) is 0 Å². The highest BCUT2D eigenvalue weighted by molar-refractivity contribution is 4.54. The zero-order valence-corrected chi connectivity index (χ0v) is 13.1. The lowest BCUT2D eigenvalue weighted by molar-refractivity contribution is 0.281. The molecule has 0 unspecified atom stereocenters. The van der Waals surface area contributed by atoms with Crippen LogP contribution in [0, 0.1) is 0 Å². The first-order chi connectivity index (χ1) is 7.85. The number of hydrogen-bond acceptors (Lipinski definition) is 1. The molecule has 0 rings (SSSR count). The van der Waals surface area contributed by atoms with E-state index in [2.05, 4.69) is 25.7 Å². The number of nitrogens with zero attached hydrogens (tertiary/aromatic N) is 1. The SMILES string of the molecule is CC.CC.CCCCCCN(CC)CCC. The molecule has 0 N–H and O–H groups in total. The van der Waals surface area contributed by atoms with Crippen molar-refractivity contribution < 1.29 is 0 Å². The maximum absolute atomic E-state index is 2.55. The molecule has 0 aliphatic carbocycles. The minimum absolute atomic E-state index is 1.22. The van der Waals surface area contributed by atoms with Crippen LogP contribution in [0.3, 0.4) is 0 Å². The van der Waals surface area contributed by atoms with Gasteiger partial charge < -0.3 is 4.90 Å². The van der Waals surface area contributed by atoms with E-state index in [0.29, 0.717) is 0 Å². The van der Waals surface area contributed by atoms with Crippen molar-refractivity contribution in [2.24, 2.45) is 0 Å². The molecular formula is C15H37N. The molecule has 0 spiro atoms. The summed E-state index contributed by atoms with van der Waals surface area (Å²) >= 11 is 0. The summed E-state index contributed by atoms with van der Waals surface area (Å²) in [7, 11) is 0. The Labute approximate surface area is 106 Å². The van der Waals surface area contributed by atoms with Crippen LogP contribution in [0.1, 0.15) is 80.6 Å². The van der Waals surface area contributed by atoms with Crippen LogP contribution in [0.15, 0.2) is 0 Å². The number of hydrogen-bond donors (Lipinski definition) is 0. The van der Waals surface area contributed by atoms with Gasteiger partial charge in [-0.05, 0) is 32.5 Å². The highest BCUT2D eigenvalue weighted by Gasteiger charge is 1.98. The molecule has 0 aromatic heterocycles. The van der Waals surface area contributed by atoms with Crippen molar-refractivity contribution in [1.82, 2.24) is 4.90 Å². The van der Waals surface area contributed by atoms with Crippen LogP contribution in [0.25, 0.3) is 0 Å². The van der Waals surface area contributed by atoms with E-state index in [0.717, 1.165) is 0 Å². The van der Waals surface area contributed by atoms with E-state index < -0.39 is 0 Å². The van der Waals surface area contributed by atoms with Crippen molar-refractivity contribution in [3.63, 3.8) is 0 Å². The summed E-state index contributed by atoms with van der Waals surface area (Å²) in [6.07, 6.45) is 6.85. The van der Waals surface area contributed by atoms with Crippen molar-refractivity contribution in [3.8, 4) is 0 Å². The van der Waals surface area contributed by atoms with Crippen LogP contribution < -0.4 is 0 Å². The van der Waals surface area contributed by atoms with Crippen molar-refractivity contribution in [2.75, 3.05) is 19.6 Å². The molecule has 0 bridgehead atoms. The second-order valence-corrected chi connectivity index (χ2v) is 3.49. The summed E-state index contributed by atoms with van der Waals surface area (Å²) in [5, 5.41) is 0. The molecule has 0 aliphatic heterocycles. The van der Waals surface area contributed by atoms with Crippen LogP contribution in [-0.2, 0) is 0 Å². The zero-order valence-electron chi connectivity index (χ0n) is 13.1. The van der Waals surface area contributed by atoms with Gasteiger partial charge in [-0.2, -0.15) is 0 Å². The molecule has 0 saturated carbocycles. The van der Waals surface area contributed by atoms with Gasteiger partial charge in [0.05, 0.1) is 0 Å². The molecule has 0 aliphatic rings. The summed E-state index contributed by atoms with van der Waals surface area (Å²) in [6, 6.07) is 0. The smallest absolute Gasteiger partial charge is 0.00189 e. The molecular weight excluding hydrogens is 194 g/mol. The van der Waals surface area contributed by atoms with Gasteiger partial charge in [-0.1, -0.05) is 67.7 Å². The summed E-state index contributed by atoms with van der Waals surface area (Å²) < 4.78 is 0. The minimum Gasteiger partial charge on any atom is -0.304 e. The first-order valence-corrected chi connectivity index (χ1v) is 7.57. The fourth-order valence-electron chi connectivity index (χ4n) is 1.51. The van der Waals surface area contributed by atoms with Gasteiger partial charge in [0.15, 0.2) is 0 Å². The Kier molecular flexibility index (Phi) is 32.3. The Balaban J connectivity index is -0.000000376. The minimum atomic E-state index is 1.22. The summed E-state index contributed by atoms with van der Waals surface area (Å²) in [4.78, 5) is 2.55. The van der Waals surface area contributed by atoms with Gasteiger partial charge in [0.1, 0.15) is 0 Å². The van der Waals surface area contributed by atoms with Gasteiger partial charge in [0, 0.05) is 0 Å². The van der Waals surface area contributed by atoms with Crippen molar-refractivity contribution in [1.29, 1.82) is 0 Å². The summed E-state index contributed by atoms with van der Waals surface area (Å²) in [5.41, 5.74) is 0. The van der Waals surface area contributed by atoms with Crippen LogP contribution >= 0.6 is 0 Å². The zero-order chi connectivity index (χ0) is 13.2. The van der Waals surface area contributed by atoms with E-state index >= 15 is 0 Å². The van der Waals surface area contributed by atoms with Crippen molar-refractivity contribution >= 4 is 0 Å². The van der Waals surface area contributed by atoms with E-state index in [9.17, 15) is 0 Å². The average Bonchev–Trinajstić information content (AvgIpc) is 2.38. The van der Waals surface area contributed by atoms with E-state index in [-0.39, 0.29) is 0 Å². The number of rotatable bonds is 8. The van der Waals surface area contributed by atoms with Gasteiger partial charge >= 0.3 is 0 Å². The molecule has 0 radical (unpaired) electrons. The fraction of sp³-hybridized carbons (Fsp3) is 1.00. The molecule has 102 valence electrons. The number of unbranched alkanes of at least 4 members (excludes halogenated alkanes) is 3. The van der Waals surface area contributed by atoms with E-state index in [1.54, 1.807) is 0 Å². The largest absolute Gasteiger partial charge is 0.304 e. The van der Waals surface area contributed by atoms with Gasteiger partial charge in [0.25, 0.3) is 0 Å². The Morgan fingerprint density at radius 3 is 1.56 bits per heavy atom. The van der Waals surface area contributed by atoms with E-state index in [1.165, 1.54) is 51.7 Å². The average molecular weight is 231 g/mol. The Hall–Kier alpha value is -0.0400. The second kappa shape index (κ2) is 24.3. The lowest BCUT2D eigenvalue weighted by atomic mass is 10.2. The van der Waals surface area contributed by atoms with Crippen molar-refractivity contribution in [3.05, 3.63) is 0 Å². The maximum atomic E-state index is 2.55. The lowest BCUT2D eigenvalue weighted by Gasteiger charge is -2.18. The maximum Gasteiger partial charge on any atom is -0.00189 e. The molecule has 1 nitrogen and oxygen atoms in total. The Bertz CT molecular complexity index is 81.5. The molecule has 0 aromatic rings. The molecule has 0 aromatic carbocycles. The highest BCUT2D eigenvalue weighted by atomic mass is 15.1. The first-order valence-electron chi connectivity index (χ1n) is 7.57.